The smallest absolute Gasteiger partial charge is 0.220 e. The van der Waals surface area contributed by atoms with Gasteiger partial charge in [0.05, 0.1) is 0 Å². The Labute approximate surface area is 112 Å². The van der Waals surface area contributed by atoms with Crippen molar-refractivity contribution in [2.24, 2.45) is 16.7 Å². The maximum atomic E-state index is 12.0. The highest BCUT2D eigenvalue weighted by Crippen LogP contribution is 2.28. The van der Waals surface area contributed by atoms with E-state index in [2.05, 4.69) is 45.3 Å². The molecule has 2 unspecified atom stereocenters. The zero-order valence-electron chi connectivity index (χ0n) is 12.7. The Morgan fingerprint density at radius 2 is 2.11 bits per heavy atom. The third-order valence-electron chi connectivity index (χ3n) is 4.37. The largest absolute Gasteiger partial charge is 0.355 e. The monoisotopic (exact) mass is 254 g/mol. The summed E-state index contributed by atoms with van der Waals surface area (Å²) >= 11 is 0. The van der Waals surface area contributed by atoms with Gasteiger partial charge in [0.2, 0.25) is 5.91 Å². The van der Waals surface area contributed by atoms with Gasteiger partial charge in [-0.15, -0.1) is 0 Å². The highest BCUT2D eigenvalue weighted by atomic mass is 16.1. The molecule has 0 radical (unpaired) electrons. The molecule has 0 spiro atoms. The van der Waals surface area contributed by atoms with Crippen molar-refractivity contribution in [1.29, 1.82) is 0 Å². The summed E-state index contributed by atoms with van der Waals surface area (Å²) in [6.45, 7) is 13.9. The summed E-state index contributed by atoms with van der Waals surface area (Å²) in [6, 6.07) is 0. The number of nitrogens with one attached hydrogen (secondary N) is 2. The third kappa shape index (κ3) is 4.97. The van der Waals surface area contributed by atoms with Crippen LogP contribution in [0.25, 0.3) is 0 Å². The van der Waals surface area contributed by atoms with Gasteiger partial charge in [0.25, 0.3) is 0 Å². The van der Waals surface area contributed by atoms with Crippen LogP contribution in [0, 0.1) is 16.7 Å². The number of carbonyl (C=O) groups is 1. The van der Waals surface area contributed by atoms with Gasteiger partial charge in [-0.1, -0.05) is 34.6 Å². The number of hydrogen-bond acceptors (Lipinski definition) is 2. The Kier molecular flexibility index (Phi) is 5.20. The van der Waals surface area contributed by atoms with Gasteiger partial charge in [0.15, 0.2) is 0 Å². The van der Waals surface area contributed by atoms with Crippen molar-refractivity contribution in [1.82, 2.24) is 10.6 Å². The molecule has 0 aliphatic carbocycles. The first-order valence-electron chi connectivity index (χ1n) is 7.20. The molecule has 106 valence electrons. The summed E-state index contributed by atoms with van der Waals surface area (Å²) in [5.74, 6) is 0.610. The van der Waals surface area contributed by atoms with Crippen LogP contribution in [0.15, 0.2) is 0 Å². The SMILES string of the molecule is CC(CC(=O)NCC1(C)CCCNC1)C(C)(C)C. The molecule has 0 saturated carbocycles. The maximum Gasteiger partial charge on any atom is 0.220 e. The van der Waals surface area contributed by atoms with Gasteiger partial charge in [0.1, 0.15) is 0 Å². The molecule has 0 aromatic carbocycles. The van der Waals surface area contributed by atoms with E-state index in [-0.39, 0.29) is 16.7 Å². The molecular weight excluding hydrogens is 224 g/mol. The second-order valence-corrected chi connectivity index (χ2v) is 7.34. The standard InChI is InChI=1S/C15H30N2O/c1-12(14(2,3)4)9-13(18)17-11-15(5)7-6-8-16-10-15/h12,16H,6-11H2,1-5H3,(H,17,18). The van der Waals surface area contributed by atoms with Gasteiger partial charge >= 0.3 is 0 Å². The van der Waals surface area contributed by atoms with E-state index >= 15 is 0 Å². The fourth-order valence-corrected chi connectivity index (χ4v) is 2.24. The molecule has 2 atom stereocenters. The van der Waals surface area contributed by atoms with Crippen LogP contribution in [0.1, 0.15) is 53.9 Å². The van der Waals surface area contributed by atoms with E-state index in [0.29, 0.717) is 12.3 Å². The number of carbonyl (C=O) groups excluding carboxylic acids is 1. The van der Waals surface area contributed by atoms with Gasteiger partial charge in [-0.25, -0.2) is 0 Å². The Morgan fingerprint density at radius 1 is 1.44 bits per heavy atom. The lowest BCUT2D eigenvalue weighted by atomic mass is 9.79. The first-order chi connectivity index (χ1) is 8.23. The van der Waals surface area contributed by atoms with Crippen molar-refractivity contribution in [2.45, 2.75) is 53.9 Å². The second-order valence-electron chi connectivity index (χ2n) is 7.34. The summed E-state index contributed by atoms with van der Waals surface area (Å²) < 4.78 is 0. The van der Waals surface area contributed by atoms with Crippen LogP contribution in [-0.2, 0) is 4.79 Å². The number of amides is 1. The molecule has 0 aromatic heterocycles. The molecular formula is C15H30N2O. The molecule has 3 nitrogen and oxygen atoms in total. The maximum absolute atomic E-state index is 12.0. The van der Waals surface area contributed by atoms with Crippen molar-refractivity contribution in [3.63, 3.8) is 0 Å². The van der Waals surface area contributed by atoms with Crippen LogP contribution in [0.2, 0.25) is 0 Å². The minimum absolute atomic E-state index is 0.198. The van der Waals surface area contributed by atoms with E-state index in [1.165, 1.54) is 12.8 Å². The molecule has 1 saturated heterocycles. The molecule has 1 rings (SSSR count). The summed E-state index contributed by atoms with van der Waals surface area (Å²) in [6.07, 6.45) is 3.05. The molecule has 18 heavy (non-hydrogen) atoms. The van der Waals surface area contributed by atoms with Crippen LogP contribution in [0.3, 0.4) is 0 Å². The summed E-state index contributed by atoms with van der Waals surface area (Å²) in [7, 11) is 0. The van der Waals surface area contributed by atoms with E-state index in [4.69, 9.17) is 0 Å². The van der Waals surface area contributed by atoms with E-state index in [1.54, 1.807) is 0 Å². The molecule has 1 aliphatic rings. The molecule has 1 heterocycles. The van der Waals surface area contributed by atoms with Gasteiger partial charge in [-0.05, 0) is 36.1 Å². The quantitative estimate of drug-likeness (QED) is 0.809. The van der Waals surface area contributed by atoms with Crippen LogP contribution < -0.4 is 10.6 Å². The summed E-state index contributed by atoms with van der Waals surface area (Å²) in [4.78, 5) is 12.0. The van der Waals surface area contributed by atoms with Crippen molar-refractivity contribution >= 4 is 5.91 Å². The van der Waals surface area contributed by atoms with Crippen molar-refractivity contribution < 1.29 is 4.79 Å². The van der Waals surface area contributed by atoms with Crippen LogP contribution in [0.4, 0.5) is 0 Å². The zero-order chi connectivity index (χ0) is 13.8. The first kappa shape index (κ1) is 15.5. The average Bonchev–Trinajstić information content (AvgIpc) is 2.26. The fraction of sp³-hybridized carbons (Fsp3) is 0.933. The molecule has 1 aliphatic heterocycles. The zero-order valence-corrected chi connectivity index (χ0v) is 12.7. The first-order valence-corrected chi connectivity index (χ1v) is 7.20. The van der Waals surface area contributed by atoms with Crippen molar-refractivity contribution in [2.75, 3.05) is 19.6 Å². The number of hydrogen-bond donors (Lipinski definition) is 2. The van der Waals surface area contributed by atoms with Crippen LogP contribution in [0.5, 0.6) is 0 Å². The third-order valence-corrected chi connectivity index (χ3v) is 4.37. The lowest BCUT2D eigenvalue weighted by Gasteiger charge is -2.34. The predicted octanol–water partition coefficient (Wildman–Crippen LogP) is 2.56. The lowest BCUT2D eigenvalue weighted by molar-refractivity contribution is -0.123. The Balaban J connectivity index is 2.32. The molecule has 1 fully saturated rings. The van der Waals surface area contributed by atoms with Crippen LogP contribution >= 0.6 is 0 Å². The Morgan fingerprint density at radius 3 is 2.61 bits per heavy atom. The van der Waals surface area contributed by atoms with E-state index in [1.807, 2.05) is 0 Å². The highest BCUT2D eigenvalue weighted by molar-refractivity contribution is 5.76. The number of piperidine rings is 1. The normalized spacial score (nSPS) is 26.7. The molecule has 1 amide bonds. The topological polar surface area (TPSA) is 41.1 Å². The minimum Gasteiger partial charge on any atom is -0.355 e. The minimum atomic E-state index is 0.198. The van der Waals surface area contributed by atoms with E-state index in [0.717, 1.165) is 19.6 Å². The summed E-state index contributed by atoms with van der Waals surface area (Å²) in [5, 5.41) is 6.53. The predicted molar refractivity (Wildman–Crippen MR) is 76.5 cm³/mol. The highest BCUT2D eigenvalue weighted by Gasteiger charge is 2.28. The van der Waals surface area contributed by atoms with Gasteiger partial charge in [-0.2, -0.15) is 0 Å². The molecule has 0 aromatic rings. The van der Waals surface area contributed by atoms with E-state index < -0.39 is 0 Å². The van der Waals surface area contributed by atoms with Crippen molar-refractivity contribution in [3.8, 4) is 0 Å². The Hall–Kier alpha value is -0.570. The Bertz CT molecular complexity index is 275. The fourth-order valence-electron chi connectivity index (χ4n) is 2.24. The van der Waals surface area contributed by atoms with E-state index in [9.17, 15) is 4.79 Å². The van der Waals surface area contributed by atoms with Crippen molar-refractivity contribution in [3.05, 3.63) is 0 Å². The average molecular weight is 254 g/mol. The molecule has 2 N–H and O–H groups in total. The van der Waals surface area contributed by atoms with Gasteiger partial charge in [-0.3, -0.25) is 4.79 Å². The molecule has 3 heteroatoms. The van der Waals surface area contributed by atoms with Gasteiger partial charge < -0.3 is 10.6 Å². The molecule has 0 bridgehead atoms. The lowest BCUT2D eigenvalue weighted by Crippen LogP contribution is -2.46. The van der Waals surface area contributed by atoms with Gasteiger partial charge in [0, 0.05) is 19.5 Å². The number of rotatable bonds is 4. The van der Waals surface area contributed by atoms with Crippen LogP contribution in [-0.4, -0.2) is 25.5 Å². The second kappa shape index (κ2) is 6.05. The summed E-state index contributed by atoms with van der Waals surface area (Å²) in [5.41, 5.74) is 0.437.